The summed E-state index contributed by atoms with van der Waals surface area (Å²) < 4.78 is 5.13. The van der Waals surface area contributed by atoms with Crippen LogP contribution in [0.15, 0.2) is 30.3 Å². The first kappa shape index (κ1) is 15.1. The van der Waals surface area contributed by atoms with Crippen LogP contribution in [0.5, 0.6) is 5.75 Å². The summed E-state index contributed by atoms with van der Waals surface area (Å²) in [6.45, 7) is 0.265. The van der Waals surface area contributed by atoms with Crippen molar-refractivity contribution in [1.82, 2.24) is 4.90 Å². The number of hydrogen-bond acceptors (Lipinski definition) is 3. The Bertz CT molecular complexity index is 549. The molecular formula is C16H19NO4. The molecule has 0 saturated heterocycles. The van der Waals surface area contributed by atoms with E-state index in [4.69, 9.17) is 9.84 Å². The van der Waals surface area contributed by atoms with Crippen molar-refractivity contribution in [3.05, 3.63) is 35.9 Å². The van der Waals surface area contributed by atoms with E-state index in [0.717, 1.165) is 24.2 Å². The monoisotopic (exact) mass is 289 g/mol. The van der Waals surface area contributed by atoms with E-state index >= 15 is 0 Å². The highest BCUT2D eigenvalue weighted by Crippen LogP contribution is 2.27. The Balaban J connectivity index is 2.00. The smallest absolute Gasteiger partial charge is 0.305 e. The number of nitrogens with zero attached hydrogens (tertiary/aromatic N) is 1. The van der Waals surface area contributed by atoms with Gasteiger partial charge in [0.1, 0.15) is 5.75 Å². The maximum atomic E-state index is 12.2. The number of hydrogen-bond donors (Lipinski definition) is 1. The molecule has 0 atom stereocenters. The zero-order valence-corrected chi connectivity index (χ0v) is 12.0. The van der Waals surface area contributed by atoms with Crippen molar-refractivity contribution in [2.75, 3.05) is 13.7 Å². The summed E-state index contributed by atoms with van der Waals surface area (Å²) in [5.41, 5.74) is 0.872. The second kappa shape index (κ2) is 6.92. The fraction of sp³-hybridized carbons (Fsp3) is 0.375. The molecule has 0 bridgehead atoms. The Labute approximate surface area is 123 Å². The SMILES string of the molecule is COc1cccc(/C=C/C(=O)N(CCC(=O)O)C2CC2)c1. The molecule has 1 aromatic carbocycles. The van der Waals surface area contributed by atoms with E-state index in [1.807, 2.05) is 24.3 Å². The molecule has 1 amide bonds. The number of methoxy groups -OCH3 is 1. The average molecular weight is 289 g/mol. The quantitative estimate of drug-likeness (QED) is 0.781. The Morgan fingerprint density at radius 3 is 2.81 bits per heavy atom. The topological polar surface area (TPSA) is 66.8 Å². The first-order chi connectivity index (χ1) is 10.1. The first-order valence-electron chi connectivity index (χ1n) is 6.94. The molecule has 0 aliphatic heterocycles. The van der Waals surface area contributed by atoms with Crippen molar-refractivity contribution < 1.29 is 19.4 Å². The third-order valence-electron chi connectivity index (χ3n) is 3.35. The van der Waals surface area contributed by atoms with E-state index in [9.17, 15) is 9.59 Å². The number of carboxylic acid groups (broad SMARTS) is 1. The van der Waals surface area contributed by atoms with E-state index in [2.05, 4.69) is 0 Å². The summed E-state index contributed by atoms with van der Waals surface area (Å²) >= 11 is 0. The predicted molar refractivity (Wildman–Crippen MR) is 79.0 cm³/mol. The van der Waals surface area contributed by atoms with Gasteiger partial charge in [0.15, 0.2) is 0 Å². The minimum atomic E-state index is -0.884. The fourth-order valence-electron chi connectivity index (χ4n) is 2.08. The van der Waals surface area contributed by atoms with Gasteiger partial charge in [0, 0.05) is 18.7 Å². The van der Waals surface area contributed by atoms with E-state index in [0.29, 0.717) is 0 Å². The van der Waals surface area contributed by atoms with Gasteiger partial charge in [-0.3, -0.25) is 9.59 Å². The summed E-state index contributed by atoms with van der Waals surface area (Å²) in [4.78, 5) is 24.5. The number of amides is 1. The van der Waals surface area contributed by atoms with Crippen molar-refractivity contribution in [2.24, 2.45) is 0 Å². The molecule has 1 aliphatic carbocycles. The van der Waals surface area contributed by atoms with Gasteiger partial charge >= 0.3 is 5.97 Å². The van der Waals surface area contributed by atoms with Crippen LogP contribution in [0.1, 0.15) is 24.8 Å². The molecule has 0 spiro atoms. The zero-order valence-electron chi connectivity index (χ0n) is 12.0. The average Bonchev–Trinajstić information content (AvgIpc) is 3.30. The van der Waals surface area contributed by atoms with Gasteiger partial charge in [0.25, 0.3) is 0 Å². The Morgan fingerprint density at radius 2 is 2.19 bits per heavy atom. The molecule has 112 valence electrons. The minimum Gasteiger partial charge on any atom is -0.497 e. The highest BCUT2D eigenvalue weighted by atomic mass is 16.5. The molecule has 0 heterocycles. The Hall–Kier alpha value is -2.30. The van der Waals surface area contributed by atoms with E-state index in [1.54, 1.807) is 18.1 Å². The molecule has 21 heavy (non-hydrogen) atoms. The number of benzene rings is 1. The first-order valence-corrected chi connectivity index (χ1v) is 6.94. The van der Waals surface area contributed by atoms with Crippen molar-refractivity contribution >= 4 is 18.0 Å². The van der Waals surface area contributed by atoms with E-state index in [1.165, 1.54) is 6.08 Å². The number of rotatable bonds is 7. The van der Waals surface area contributed by atoms with Crippen LogP contribution in [0, 0.1) is 0 Å². The van der Waals surface area contributed by atoms with Crippen molar-refractivity contribution in [3.8, 4) is 5.75 Å². The molecule has 1 N–H and O–H groups in total. The second-order valence-corrected chi connectivity index (χ2v) is 5.02. The van der Waals surface area contributed by atoms with E-state index in [-0.39, 0.29) is 24.9 Å². The van der Waals surface area contributed by atoms with Gasteiger partial charge in [-0.25, -0.2) is 0 Å². The lowest BCUT2D eigenvalue weighted by atomic mass is 10.2. The molecule has 1 saturated carbocycles. The number of aliphatic carboxylic acids is 1. The summed E-state index contributed by atoms with van der Waals surface area (Å²) in [5, 5.41) is 8.74. The van der Waals surface area contributed by atoms with Crippen LogP contribution >= 0.6 is 0 Å². The van der Waals surface area contributed by atoms with Gasteiger partial charge in [0.2, 0.25) is 5.91 Å². The van der Waals surface area contributed by atoms with Crippen LogP contribution in [0.25, 0.3) is 6.08 Å². The third kappa shape index (κ3) is 4.63. The van der Waals surface area contributed by atoms with Crippen molar-refractivity contribution in [1.29, 1.82) is 0 Å². The maximum absolute atomic E-state index is 12.2. The lowest BCUT2D eigenvalue weighted by molar-refractivity contribution is -0.138. The zero-order chi connectivity index (χ0) is 15.2. The molecule has 1 aliphatic rings. The summed E-state index contributed by atoms with van der Waals surface area (Å²) in [5.74, 6) is -0.290. The van der Waals surface area contributed by atoms with Gasteiger partial charge < -0.3 is 14.7 Å². The molecule has 1 fully saturated rings. The van der Waals surface area contributed by atoms with Gasteiger partial charge in [-0.1, -0.05) is 12.1 Å². The lowest BCUT2D eigenvalue weighted by Gasteiger charge is -2.19. The normalized spacial score (nSPS) is 14.1. The third-order valence-corrected chi connectivity index (χ3v) is 3.35. The Kier molecular flexibility index (Phi) is 4.98. The van der Waals surface area contributed by atoms with Gasteiger partial charge in [-0.15, -0.1) is 0 Å². The summed E-state index contributed by atoms with van der Waals surface area (Å²) in [6.07, 6.45) is 5.11. The molecular weight excluding hydrogens is 270 g/mol. The molecule has 0 radical (unpaired) electrons. The number of carbonyl (C=O) groups excluding carboxylic acids is 1. The molecule has 5 heteroatoms. The van der Waals surface area contributed by atoms with Crippen molar-refractivity contribution in [2.45, 2.75) is 25.3 Å². The fourth-order valence-corrected chi connectivity index (χ4v) is 2.08. The second-order valence-electron chi connectivity index (χ2n) is 5.02. The van der Waals surface area contributed by atoms with Crippen LogP contribution < -0.4 is 4.74 Å². The summed E-state index contributed by atoms with van der Waals surface area (Å²) in [6, 6.07) is 7.61. The number of ether oxygens (including phenoxy) is 1. The lowest BCUT2D eigenvalue weighted by Crippen LogP contribution is -2.33. The molecule has 5 nitrogen and oxygen atoms in total. The largest absolute Gasteiger partial charge is 0.497 e. The molecule has 1 aromatic rings. The van der Waals surface area contributed by atoms with Crippen LogP contribution in [-0.4, -0.2) is 41.6 Å². The molecule has 0 unspecified atom stereocenters. The van der Waals surface area contributed by atoms with E-state index < -0.39 is 5.97 Å². The van der Waals surface area contributed by atoms with Crippen LogP contribution in [0.4, 0.5) is 0 Å². The highest BCUT2D eigenvalue weighted by Gasteiger charge is 2.31. The number of carbonyl (C=O) groups is 2. The molecule has 0 aromatic heterocycles. The minimum absolute atomic E-state index is 0.0186. The van der Waals surface area contributed by atoms with Gasteiger partial charge in [-0.05, 0) is 36.6 Å². The molecule has 2 rings (SSSR count). The summed E-state index contributed by atoms with van der Waals surface area (Å²) in [7, 11) is 1.59. The van der Waals surface area contributed by atoms with Crippen LogP contribution in [0.3, 0.4) is 0 Å². The van der Waals surface area contributed by atoms with Crippen LogP contribution in [0.2, 0.25) is 0 Å². The Morgan fingerprint density at radius 1 is 1.43 bits per heavy atom. The predicted octanol–water partition coefficient (Wildman–Crippen LogP) is 2.17. The van der Waals surface area contributed by atoms with Gasteiger partial charge in [-0.2, -0.15) is 0 Å². The van der Waals surface area contributed by atoms with Crippen LogP contribution in [-0.2, 0) is 9.59 Å². The standard InChI is InChI=1S/C16H19NO4/c1-21-14-4-2-3-12(11-14)5-8-15(18)17(13-6-7-13)10-9-16(19)20/h2-5,8,11,13H,6-7,9-10H2,1H3,(H,19,20)/b8-5+. The van der Waals surface area contributed by atoms with Gasteiger partial charge in [0.05, 0.1) is 13.5 Å². The van der Waals surface area contributed by atoms with Crippen molar-refractivity contribution in [3.63, 3.8) is 0 Å². The number of carboxylic acids is 1. The maximum Gasteiger partial charge on any atom is 0.305 e. The highest BCUT2D eigenvalue weighted by molar-refractivity contribution is 5.92.